The largest absolute Gasteiger partial charge is 0.418 e. The third-order valence-electron chi connectivity index (χ3n) is 7.82. The zero-order valence-corrected chi connectivity index (χ0v) is 21.4. The molecule has 0 bridgehead atoms. The highest BCUT2D eigenvalue weighted by Gasteiger charge is 2.36. The van der Waals surface area contributed by atoms with Crippen LogP contribution in [0.15, 0.2) is 36.5 Å². The van der Waals surface area contributed by atoms with Crippen molar-refractivity contribution in [2.24, 2.45) is 0 Å². The van der Waals surface area contributed by atoms with Crippen LogP contribution < -0.4 is 4.90 Å². The minimum absolute atomic E-state index is 0.169. The molecule has 8 nitrogen and oxygen atoms in total. The molecular formula is C27H30F3N7O. The van der Waals surface area contributed by atoms with Gasteiger partial charge in [0.2, 0.25) is 0 Å². The monoisotopic (exact) mass is 525 g/mol. The number of piperidine rings is 1. The Morgan fingerprint density at radius 3 is 2.45 bits per heavy atom. The summed E-state index contributed by atoms with van der Waals surface area (Å²) in [4.78, 5) is 13.2. The maximum Gasteiger partial charge on any atom is 0.418 e. The highest BCUT2D eigenvalue weighted by molar-refractivity contribution is 5.78. The number of aromatic nitrogens is 5. The summed E-state index contributed by atoms with van der Waals surface area (Å²) in [6.07, 6.45) is 0.472. The zero-order chi connectivity index (χ0) is 26.4. The summed E-state index contributed by atoms with van der Waals surface area (Å²) >= 11 is 0. The Hall–Kier alpha value is -3.31. The molecule has 2 aliphatic heterocycles. The van der Waals surface area contributed by atoms with E-state index in [1.165, 1.54) is 6.07 Å². The van der Waals surface area contributed by atoms with Gasteiger partial charge in [-0.2, -0.15) is 13.2 Å². The van der Waals surface area contributed by atoms with E-state index < -0.39 is 11.7 Å². The van der Waals surface area contributed by atoms with Crippen LogP contribution >= 0.6 is 0 Å². The summed E-state index contributed by atoms with van der Waals surface area (Å²) in [5.41, 5.74) is 2.18. The molecule has 0 amide bonds. The minimum atomic E-state index is -4.49. The summed E-state index contributed by atoms with van der Waals surface area (Å²) in [6.45, 7) is 2.48. The van der Waals surface area contributed by atoms with Gasteiger partial charge in [0.05, 0.1) is 17.5 Å². The van der Waals surface area contributed by atoms with Crippen LogP contribution in [-0.4, -0.2) is 75.9 Å². The molecule has 0 unspecified atom stereocenters. The van der Waals surface area contributed by atoms with Gasteiger partial charge in [0.15, 0.2) is 11.3 Å². The Bertz CT molecular complexity index is 1450. The number of fused-ring (bicyclic) bond motifs is 3. The number of rotatable bonds is 4. The third kappa shape index (κ3) is 4.58. The Morgan fingerprint density at radius 1 is 0.974 bits per heavy atom. The van der Waals surface area contributed by atoms with E-state index >= 15 is 0 Å². The lowest BCUT2D eigenvalue weighted by molar-refractivity contribution is -0.137. The predicted molar refractivity (Wildman–Crippen MR) is 138 cm³/mol. The molecule has 2 aliphatic rings. The van der Waals surface area contributed by atoms with E-state index in [1.807, 2.05) is 23.4 Å². The normalized spacial score (nSPS) is 18.2. The van der Waals surface area contributed by atoms with E-state index in [-0.39, 0.29) is 11.6 Å². The van der Waals surface area contributed by atoms with E-state index in [9.17, 15) is 13.2 Å². The van der Waals surface area contributed by atoms with Gasteiger partial charge in [-0.3, -0.25) is 4.40 Å². The Balaban J connectivity index is 1.40. The van der Waals surface area contributed by atoms with Gasteiger partial charge in [-0.05, 0) is 64.0 Å². The highest BCUT2D eigenvalue weighted by atomic mass is 19.4. The number of pyridine rings is 1. The lowest BCUT2D eigenvalue weighted by atomic mass is 9.99. The number of anilines is 1. The topological polar surface area (TPSA) is 71.7 Å². The second-order valence-electron chi connectivity index (χ2n) is 10.3. The van der Waals surface area contributed by atoms with Crippen molar-refractivity contribution in [3.63, 3.8) is 0 Å². The third-order valence-corrected chi connectivity index (χ3v) is 7.82. The molecule has 0 radical (unpaired) electrons. The van der Waals surface area contributed by atoms with Gasteiger partial charge in [0.25, 0.3) is 0 Å². The smallest absolute Gasteiger partial charge is 0.381 e. The SMILES string of the molecule is CN(C)C1CCN(c2ccc(-c3ccc4ncc5nnc(C6CCOCC6)n5c4n3)cc2C(F)(F)F)CC1. The summed E-state index contributed by atoms with van der Waals surface area (Å²) in [5, 5.41) is 8.70. The van der Waals surface area contributed by atoms with Crippen LogP contribution in [0.4, 0.5) is 18.9 Å². The van der Waals surface area contributed by atoms with Gasteiger partial charge in [0.1, 0.15) is 11.3 Å². The number of alkyl halides is 3. The fourth-order valence-corrected chi connectivity index (χ4v) is 5.65. The molecule has 200 valence electrons. The molecular weight excluding hydrogens is 495 g/mol. The summed E-state index contributed by atoms with van der Waals surface area (Å²) < 4.78 is 50.2. The van der Waals surface area contributed by atoms with Gasteiger partial charge in [0, 0.05) is 49.5 Å². The quantitative estimate of drug-likeness (QED) is 0.380. The van der Waals surface area contributed by atoms with Crippen LogP contribution in [0.25, 0.3) is 28.1 Å². The van der Waals surface area contributed by atoms with Crippen LogP contribution in [0.3, 0.4) is 0 Å². The fourth-order valence-electron chi connectivity index (χ4n) is 5.65. The van der Waals surface area contributed by atoms with Crippen LogP contribution in [0.5, 0.6) is 0 Å². The van der Waals surface area contributed by atoms with Gasteiger partial charge >= 0.3 is 6.18 Å². The van der Waals surface area contributed by atoms with Crippen molar-refractivity contribution in [1.82, 2.24) is 29.5 Å². The van der Waals surface area contributed by atoms with E-state index in [0.29, 0.717) is 60.4 Å². The summed E-state index contributed by atoms with van der Waals surface area (Å²) in [7, 11) is 4.03. The van der Waals surface area contributed by atoms with Crippen molar-refractivity contribution in [3.05, 3.63) is 47.9 Å². The Morgan fingerprint density at radius 2 is 1.74 bits per heavy atom. The zero-order valence-electron chi connectivity index (χ0n) is 21.4. The van der Waals surface area contributed by atoms with Crippen LogP contribution in [0.2, 0.25) is 0 Å². The number of benzene rings is 1. The molecule has 0 saturated carbocycles. The molecule has 0 N–H and O–H groups in total. The molecule has 0 spiro atoms. The molecule has 0 atom stereocenters. The van der Waals surface area contributed by atoms with Gasteiger partial charge in [-0.15, -0.1) is 10.2 Å². The average Bonchev–Trinajstić information content (AvgIpc) is 3.37. The maximum atomic E-state index is 14.3. The molecule has 2 saturated heterocycles. The Labute approximate surface area is 218 Å². The predicted octanol–water partition coefficient (Wildman–Crippen LogP) is 4.78. The van der Waals surface area contributed by atoms with Crippen LogP contribution in [-0.2, 0) is 10.9 Å². The lowest BCUT2D eigenvalue weighted by Crippen LogP contribution is -2.42. The lowest BCUT2D eigenvalue weighted by Gasteiger charge is -2.37. The van der Waals surface area contributed by atoms with E-state index in [1.54, 1.807) is 30.5 Å². The van der Waals surface area contributed by atoms with Crippen molar-refractivity contribution in [2.75, 3.05) is 45.3 Å². The van der Waals surface area contributed by atoms with Crippen LogP contribution in [0, 0.1) is 0 Å². The molecule has 11 heteroatoms. The molecule has 3 aromatic heterocycles. The van der Waals surface area contributed by atoms with Crippen molar-refractivity contribution in [2.45, 2.75) is 43.8 Å². The number of nitrogens with zero attached hydrogens (tertiary/aromatic N) is 7. The van der Waals surface area contributed by atoms with Crippen LogP contribution in [0.1, 0.15) is 43.0 Å². The number of hydrogen-bond donors (Lipinski definition) is 0. The number of ether oxygens (including phenoxy) is 1. The van der Waals surface area contributed by atoms with E-state index in [4.69, 9.17) is 9.72 Å². The summed E-state index contributed by atoms with van der Waals surface area (Å²) in [5.74, 6) is 0.954. The summed E-state index contributed by atoms with van der Waals surface area (Å²) in [6, 6.07) is 8.44. The van der Waals surface area contributed by atoms with Gasteiger partial charge in [-0.25, -0.2) is 9.97 Å². The molecule has 5 heterocycles. The molecule has 0 aliphatic carbocycles. The van der Waals surface area contributed by atoms with E-state index in [0.717, 1.165) is 31.5 Å². The van der Waals surface area contributed by atoms with Gasteiger partial charge in [-0.1, -0.05) is 6.07 Å². The first-order valence-corrected chi connectivity index (χ1v) is 13.0. The van der Waals surface area contributed by atoms with Crippen molar-refractivity contribution >= 4 is 22.5 Å². The molecule has 4 aromatic rings. The first-order chi connectivity index (χ1) is 18.3. The Kier molecular flexibility index (Phi) is 6.43. The fraction of sp³-hybridized carbons (Fsp3) is 0.481. The van der Waals surface area contributed by atoms with E-state index in [2.05, 4.69) is 20.1 Å². The average molecular weight is 526 g/mol. The standard InChI is InChI=1S/C27H30F3N7O/c1-35(2)19-7-11-36(12-8-19)23-6-3-18(15-20(23)27(28,29)30)21-4-5-22-26(32-21)37-24(16-31-22)33-34-25(37)17-9-13-38-14-10-17/h3-6,15-17,19H,7-14H2,1-2H3. The van der Waals surface area contributed by atoms with Crippen molar-refractivity contribution in [3.8, 4) is 11.3 Å². The van der Waals surface area contributed by atoms with Gasteiger partial charge < -0.3 is 14.5 Å². The molecule has 2 fully saturated rings. The molecule has 1 aromatic carbocycles. The first-order valence-electron chi connectivity index (χ1n) is 13.0. The second kappa shape index (κ2) is 9.77. The number of halogens is 3. The van der Waals surface area contributed by atoms with Crippen molar-refractivity contribution < 1.29 is 17.9 Å². The maximum absolute atomic E-state index is 14.3. The first kappa shape index (κ1) is 25.0. The highest BCUT2D eigenvalue weighted by Crippen LogP contribution is 2.40. The van der Waals surface area contributed by atoms with Crippen molar-refractivity contribution in [1.29, 1.82) is 0 Å². The minimum Gasteiger partial charge on any atom is -0.381 e. The number of hydrogen-bond acceptors (Lipinski definition) is 7. The second-order valence-corrected chi connectivity index (χ2v) is 10.3. The molecule has 6 rings (SSSR count). The molecule has 38 heavy (non-hydrogen) atoms.